The predicted molar refractivity (Wildman–Crippen MR) is 123 cm³/mol. The van der Waals surface area contributed by atoms with Crippen LogP contribution in [-0.2, 0) is 24.1 Å². The van der Waals surface area contributed by atoms with Gasteiger partial charge in [0.25, 0.3) is 11.5 Å². The topological polar surface area (TPSA) is 115 Å². The number of amides is 1. The van der Waals surface area contributed by atoms with Crippen LogP contribution < -0.4 is 11.2 Å². The summed E-state index contributed by atoms with van der Waals surface area (Å²) in [6.45, 7) is 4.41. The van der Waals surface area contributed by atoms with Crippen LogP contribution in [0.3, 0.4) is 0 Å². The zero-order valence-corrected chi connectivity index (χ0v) is 19.7. The Morgan fingerprint density at radius 2 is 1.61 bits per heavy atom. The lowest BCUT2D eigenvalue weighted by molar-refractivity contribution is 0.0692. The number of hydrogen-bond donors (Lipinski definition) is 0. The first-order valence-electron chi connectivity index (χ1n) is 10.5. The molecule has 1 aliphatic rings. The number of rotatable bonds is 3. The highest BCUT2D eigenvalue weighted by Gasteiger charge is 2.31. The number of carbonyl (C=O) groups excluding carboxylic acids is 1. The number of aryl methyl sites for hydroxylation is 3. The number of hydrogen-bond acceptors (Lipinski definition) is 6. The normalized spacial score (nSPS) is 15.2. The minimum atomic E-state index is -3.67. The molecule has 174 valence electrons. The summed E-state index contributed by atoms with van der Waals surface area (Å²) >= 11 is 0. The van der Waals surface area contributed by atoms with Crippen LogP contribution in [0.4, 0.5) is 0 Å². The molecule has 2 aromatic heterocycles. The Morgan fingerprint density at radius 1 is 0.939 bits per heavy atom. The maximum atomic E-state index is 13.1. The highest BCUT2D eigenvalue weighted by atomic mass is 32.2. The van der Waals surface area contributed by atoms with E-state index in [0.717, 1.165) is 10.1 Å². The van der Waals surface area contributed by atoms with Crippen LogP contribution in [0.15, 0.2) is 44.8 Å². The molecule has 1 saturated heterocycles. The molecule has 1 fully saturated rings. The molecule has 11 heteroatoms. The highest BCUT2D eigenvalue weighted by Crippen LogP contribution is 2.22. The summed E-state index contributed by atoms with van der Waals surface area (Å²) in [6, 6.07) is 8.16. The van der Waals surface area contributed by atoms with Crippen LogP contribution in [0.2, 0.25) is 0 Å². The van der Waals surface area contributed by atoms with E-state index in [2.05, 4.69) is 4.98 Å². The second-order valence-electron chi connectivity index (χ2n) is 8.24. The minimum Gasteiger partial charge on any atom is -0.335 e. The van der Waals surface area contributed by atoms with Crippen molar-refractivity contribution in [2.24, 2.45) is 14.1 Å². The number of sulfonamides is 1. The standard InChI is InChI=1S/C22H25N5O5S/c1-14-5-8-18(15(2)13-14)33(31,32)27-11-9-26(10-12-27)21(29)17-7-6-16-19(23-17)24(3)22(30)25(4)20(16)28/h5-8,13H,9-12H2,1-4H3. The molecule has 4 rings (SSSR count). The first kappa shape index (κ1) is 22.9. The summed E-state index contributed by atoms with van der Waals surface area (Å²) in [7, 11) is -0.795. The van der Waals surface area contributed by atoms with Gasteiger partial charge in [0.05, 0.1) is 10.3 Å². The molecule has 0 unspecified atom stereocenters. The van der Waals surface area contributed by atoms with Crippen LogP contribution in [0.25, 0.3) is 11.0 Å². The number of carbonyl (C=O) groups is 1. The van der Waals surface area contributed by atoms with Gasteiger partial charge in [-0.25, -0.2) is 18.2 Å². The van der Waals surface area contributed by atoms with Crippen molar-refractivity contribution in [1.29, 1.82) is 0 Å². The molecule has 1 amide bonds. The van der Waals surface area contributed by atoms with Crippen molar-refractivity contribution in [2.45, 2.75) is 18.7 Å². The average Bonchev–Trinajstić information content (AvgIpc) is 2.80. The fourth-order valence-electron chi connectivity index (χ4n) is 4.09. The van der Waals surface area contributed by atoms with E-state index in [0.29, 0.717) is 5.56 Å². The molecule has 10 nitrogen and oxygen atoms in total. The molecule has 3 heterocycles. The molecule has 0 spiro atoms. The van der Waals surface area contributed by atoms with Crippen molar-refractivity contribution >= 4 is 27.0 Å². The Morgan fingerprint density at radius 3 is 2.24 bits per heavy atom. The molecule has 1 aliphatic heterocycles. The Labute approximate surface area is 190 Å². The van der Waals surface area contributed by atoms with Gasteiger partial charge in [-0.15, -0.1) is 0 Å². The SMILES string of the molecule is Cc1ccc(S(=O)(=O)N2CCN(C(=O)c3ccc4c(=O)n(C)c(=O)n(C)c4n3)CC2)c(C)c1. The van der Waals surface area contributed by atoms with Gasteiger partial charge in [0, 0.05) is 40.3 Å². The van der Waals surface area contributed by atoms with Crippen molar-refractivity contribution in [2.75, 3.05) is 26.2 Å². The second kappa shape index (κ2) is 8.23. The van der Waals surface area contributed by atoms with Crippen LogP contribution >= 0.6 is 0 Å². The van der Waals surface area contributed by atoms with E-state index in [1.54, 1.807) is 19.1 Å². The third kappa shape index (κ3) is 3.87. The number of nitrogens with zero attached hydrogens (tertiary/aromatic N) is 5. The Balaban J connectivity index is 1.56. The summed E-state index contributed by atoms with van der Waals surface area (Å²) in [4.78, 5) is 43.6. The Kier molecular flexibility index (Phi) is 5.71. The third-order valence-corrected chi connectivity index (χ3v) is 8.05. The number of aromatic nitrogens is 3. The molecule has 0 saturated carbocycles. The molecule has 0 radical (unpaired) electrons. The van der Waals surface area contributed by atoms with Gasteiger partial charge in [-0.3, -0.25) is 18.7 Å². The van der Waals surface area contributed by atoms with Gasteiger partial charge < -0.3 is 4.90 Å². The van der Waals surface area contributed by atoms with Crippen LogP contribution in [0, 0.1) is 13.8 Å². The summed E-state index contributed by atoms with van der Waals surface area (Å²) in [5, 5.41) is 0.237. The fraction of sp³-hybridized carbons (Fsp3) is 0.364. The molecule has 0 atom stereocenters. The minimum absolute atomic E-state index is 0.0939. The smallest absolute Gasteiger partial charge is 0.332 e. The number of piperazine rings is 1. The van der Waals surface area contributed by atoms with E-state index in [-0.39, 0.29) is 53.7 Å². The lowest BCUT2D eigenvalue weighted by Crippen LogP contribution is -2.50. The third-order valence-electron chi connectivity index (χ3n) is 5.99. The zero-order chi connectivity index (χ0) is 24.1. The van der Waals surface area contributed by atoms with Crippen LogP contribution in [-0.4, -0.2) is 63.8 Å². The molecule has 0 bridgehead atoms. The van der Waals surface area contributed by atoms with Gasteiger partial charge in [-0.2, -0.15) is 4.31 Å². The molecule has 0 N–H and O–H groups in total. The predicted octanol–water partition coefficient (Wildman–Crippen LogP) is 0.396. The summed E-state index contributed by atoms with van der Waals surface area (Å²) in [6.07, 6.45) is 0. The van der Waals surface area contributed by atoms with Crippen molar-refractivity contribution in [3.63, 3.8) is 0 Å². The lowest BCUT2D eigenvalue weighted by atomic mass is 10.2. The van der Waals surface area contributed by atoms with Gasteiger partial charge in [-0.05, 0) is 37.6 Å². The van der Waals surface area contributed by atoms with Gasteiger partial charge in [0.15, 0.2) is 0 Å². The number of pyridine rings is 1. The first-order valence-corrected chi connectivity index (χ1v) is 11.9. The molecule has 1 aromatic carbocycles. The van der Waals surface area contributed by atoms with E-state index in [9.17, 15) is 22.8 Å². The highest BCUT2D eigenvalue weighted by molar-refractivity contribution is 7.89. The molecule has 0 aliphatic carbocycles. The molecular weight excluding hydrogens is 446 g/mol. The van der Waals surface area contributed by atoms with Crippen LogP contribution in [0.1, 0.15) is 21.6 Å². The monoisotopic (exact) mass is 471 g/mol. The van der Waals surface area contributed by atoms with Gasteiger partial charge in [-0.1, -0.05) is 17.7 Å². The number of benzene rings is 1. The van der Waals surface area contributed by atoms with Gasteiger partial charge in [0.1, 0.15) is 11.3 Å². The van der Waals surface area contributed by atoms with Crippen LogP contribution in [0.5, 0.6) is 0 Å². The van der Waals surface area contributed by atoms with Gasteiger partial charge in [0.2, 0.25) is 10.0 Å². The Hall–Kier alpha value is -3.31. The average molecular weight is 472 g/mol. The maximum absolute atomic E-state index is 13.1. The zero-order valence-electron chi connectivity index (χ0n) is 18.9. The fourth-order valence-corrected chi connectivity index (χ4v) is 5.72. The molecule has 3 aromatic rings. The molecule has 33 heavy (non-hydrogen) atoms. The summed E-state index contributed by atoms with van der Waals surface area (Å²) < 4.78 is 29.8. The van der Waals surface area contributed by atoms with Crippen molar-refractivity contribution < 1.29 is 13.2 Å². The van der Waals surface area contributed by atoms with E-state index < -0.39 is 21.3 Å². The quantitative estimate of drug-likeness (QED) is 0.546. The van der Waals surface area contributed by atoms with E-state index >= 15 is 0 Å². The Bertz CT molecular complexity index is 1500. The van der Waals surface area contributed by atoms with Crippen molar-refractivity contribution in [3.8, 4) is 0 Å². The summed E-state index contributed by atoms with van der Waals surface area (Å²) in [5.41, 5.74) is 0.881. The maximum Gasteiger partial charge on any atom is 0.332 e. The van der Waals surface area contributed by atoms with Crippen molar-refractivity contribution in [1.82, 2.24) is 23.3 Å². The number of fused-ring (bicyclic) bond motifs is 1. The van der Waals surface area contributed by atoms with Gasteiger partial charge >= 0.3 is 5.69 Å². The lowest BCUT2D eigenvalue weighted by Gasteiger charge is -2.34. The second-order valence-corrected chi connectivity index (χ2v) is 10.1. The van der Waals surface area contributed by atoms with Crippen molar-refractivity contribution in [3.05, 3.63) is 68.0 Å². The largest absolute Gasteiger partial charge is 0.335 e. The van der Waals surface area contributed by atoms with E-state index in [4.69, 9.17) is 0 Å². The molecular formula is C22H25N5O5S. The first-order chi connectivity index (χ1) is 15.5. The van der Waals surface area contributed by atoms with E-state index in [1.165, 1.54) is 40.0 Å². The van der Waals surface area contributed by atoms with E-state index in [1.807, 2.05) is 13.0 Å². The summed E-state index contributed by atoms with van der Waals surface area (Å²) in [5.74, 6) is -0.381.